The highest BCUT2D eigenvalue weighted by Crippen LogP contribution is 2.17. The number of aromatic nitrogens is 1. The van der Waals surface area contributed by atoms with Crippen molar-refractivity contribution in [2.24, 2.45) is 5.41 Å². The Morgan fingerprint density at radius 3 is 2.44 bits per heavy atom. The summed E-state index contributed by atoms with van der Waals surface area (Å²) in [6, 6.07) is 2.94. The summed E-state index contributed by atoms with van der Waals surface area (Å²) in [7, 11) is -3.55. The van der Waals surface area contributed by atoms with Gasteiger partial charge in [0.1, 0.15) is 0 Å². The first-order valence-electron chi connectivity index (χ1n) is 5.80. The molecule has 0 atom stereocenters. The molecule has 0 aliphatic carbocycles. The van der Waals surface area contributed by atoms with Crippen molar-refractivity contribution in [2.75, 3.05) is 6.54 Å². The average molecular weight is 272 g/mol. The zero-order valence-corrected chi connectivity index (χ0v) is 11.8. The maximum atomic E-state index is 11.9. The van der Waals surface area contributed by atoms with Gasteiger partial charge in [0.05, 0.1) is 6.61 Å². The molecular formula is C12H20N2O3S. The van der Waals surface area contributed by atoms with Crippen LogP contribution in [0.1, 0.15) is 32.8 Å². The fourth-order valence-corrected chi connectivity index (χ4v) is 2.26. The second-order valence-corrected chi connectivity index (χ2v) is 7.09. The van der Waals surface area contributed by atoms with Crippen LogP contribution in [0.4, 0.5) is 0 Å². The van der Waals surface area contributed by atoms with Crippen molar-refractivity contribution >= 4 is 10.0 Å². The van der Waals surface area contributed by atoms with Gasteiger partial charge < -0.3 is 5.11 Å². The maximum Gasteiger partial charge on any atom is 0.258 e. The Morgan fingerprint density at radius 2 is 2.00 bits per heavy atom. The SMILES string of the molecule is CC(C)(C)CCNS(=O)(=O)c1ccc(CO)cn1. The number of hydrogen-bond donors (Lipinski definition) is 2. The number of nitrogens with one attached hydrogen (secondary N) is 1. The lowest BCUT2D eigenvalue weighted by atomic mass is 9.93. The molecule has 0 saturated heterocycles. The normalized spacial score (nSPS) is 12.7. The Labute approximate surface area is 108 Å². The van der Waals surface area contributed by atoms with E-state index in [1.807, 2.05) is 0 Å². The molecule has 0 aliphatic heterocycles. The minimum absolute atomic E-state index is 0.0198. The first-order chi connectivity index (χ1) is 8.24. The van der Waals surface area contributed by atoms with Crippen LogP contribution in [-0.2, 0) is 16.6 Å². The van der Waals surface area contributed by atoms with Crippen molar-refractivity contribution in [3.63, 3.8) is 0 Å². The van der Waals surface area contributed by atoms with E-state index in [1.54, 1.807) is 6.07 Å². The van der Waals surface area contributed by atoms with E-state index in [4.69, 9.17) is 5.11 Å². The van der Waals surface area contributed by atoms with E-state index in [9.17, 15) is 8.42 Å². The number of nitrogens with zero attached hydrogens (tertiary/aromatic N) is 1. The minimum atomic E-state index is -3.55. The van der Waals surface area contributed by atoms with Crippen LogP contribution < -0.4 is 4.72 Å². The smallest absolute Gasteiger partial charge is 0.258 e. The predicted molar refractivity (Wildman–Crippen MR) is 69.4 cm³/mol. The van der Waals surface area contributed by atoms with Gasteiger partial charge in [-0.2, -0.15) is 0 Å². The van der Waals surface area contributed by atoms with Crippen LogP contribution in [0.5, 0.6) is 0 Å². The Kier molecular flexibility index (Phi) is 4.84. The first-order valence-corrected chi connectivity index (χ1v) is 7.28. The Morgan fingerprint density at radius 1 is 1.33 bits per heavy atom. The number of aliphatic hydroxyl groups excluding tert-OH is 1. The maximum absolute atomic E-state index is 11.9. The van der Waals surface area contributed by atoms with Gasteiger partial charge in [0.15, 0.2) is 5.03 Å². The molecule has 6 heteroatoms. The minimum Gasteiger partial charge on any atom is -0.392 e. The number of hydrogen-bond acceptors (Lipinski definition) is 4. The molecule has 0 saturated carbocycles. The molecule has 0 aliphatic rings. The highest BCUT2D eigenvalue weighted by atomic mass is 32.2. The van der Waals surface area contributed by atoms with Gasteiger partial charge in [0.2, 0.25) is 0 Å². The molecule has 2 N–H and O–H groups in total. The Balaban J connectivity index is 2.68. The molecule has 0 amide bonds. The number of pyridine rings is 1. The van der Waals surface area contributed by atoms with E-state index in [1.165, 1.54) is 12.3 Å². The van der Waals surface area contributed by atoms with Gasteiger partial charge in [0, 0.05) is 12.7 Å². The number of rotatable bonds is 5. The van der Waals surface area contributed by atoms with E-state index in [0.717, 1.165) is 6.42 Å². The van der Waals surface area contributed by atoms with Gasteiger partial charge in [-0.1, -0.05) is 26.8 Å². The third-order valence-electron chi connectivity index (χ3n) is 2.42. The standard InChI is InChI=1S/C12H20N2O3S/c1-12(2,3)6-7-14-18(16,17)11-5-4-10(9-15)8-13-11/h4-5,8,14-15H,6-7,9H2,1-3H3. The Hall–Kier alpha value is -0.980. The van der Waals surface area contributed by atoms with Crippen molar-refractivity contribution in [1.29, 1.82) is 0 Å². The predicted octanol–water partition coefficient (Wildman–Crippen LogP) is 1.29. The van der Waals surface area contributed by atoms with E-state index in [2.05, 4.69) is 30.5 Å². The summed E-state index contributed by atoms with van der Waals surface area (Å²) in [5, 5.41) is 8.84. The van der Waals surface area contributed by atoms with Gasteiger partial charge >= 0.3 is 0 Å². The molecular weight excluding hydrogens is 252 g/mol. The monoisotopic (exact) mass is 272 g/mol. The summed E-state index contributed by atoms with van der Waals surface area (Å²) in [5.41, 5.74) is 0.667. The third kappa shape index (κ3) is 4.72. The van der Waals surface area contributed by atoms with Gasteiger partial charge in [-0.05, 0) is 23.5 Å². The molecule has 102 valence electrons. The molecule has 0 unspecified atom stereocenters. The van der Waals surface area contributed by atoms with Gasteiger partial charge in [-0.3, -0.25) is 0 Å². The molecule has 0 radical (unpaired) electrons. The number of aliphatic hydroxyl groups is 1. The lowest BCUT2D eigenvalue weighted by Crippen LogP contribution is -2.28. The van der Waals surface area contributed by atoms with E-state index >= 15 is 0 Å². The summed E-state index contributed by atoms with van der Waals surface area (Å²) in [4.78, 5) is 3.83. The second-order valence-electron chi connectivity index (χ2n) is 5.37. The lowest BCUT2D eigenvalue weighted by molar-refractivity contribution is 0.281. The topological polar surface area (TPSA) is 79.3 Å². The van der Waals surface area contributed by atoms with Crippen molar-refractivity contribution in [3.8, 4) is 0 Å². The highest BCUT2D eigenvalue weighted by molar-refractivity contribution is 7.89. The molecule has 0 fully saturated rings. The fraction of sp³-hybridized carbons (Fsp3) is 0.583. The Bertz CT molecular complexity index is 475. The zero-order chi connectivity index (χ0) is 13.8. The molecule has 0 aromatic carbocycles. The summed E-state index contributed by atoms with van der Waals surface area (Å²) in [5.74, 6) is 0. The molecule has 1 heterocycles. The largest absolute Gasteiger partial charge is 0.392 e. The van der Waals surface area contributed by atoms with Gasteiger partial charge in [0.25, 0.3) is 10.0 Å². The second kappa shape index (κ2) is 5.77. The van der Waals surface area contributed by atoms with Crippen LogP contribution in [0.15, 0.2) is 23.4 Å². The third-order valence-corrected chi connectivity index (χ3v) is 3.80. The van der Waals surface area contributed by atoms with Crippen LogP contribution in [0.3, 0.4) is 0 Å². The van der Waals surface area contributed by atoms with Crippen LogP contribution in [0.25, 0.3) is 0 Å². The van der Waals surface area contributed by atoms with Gasteiger partial charge in [-0.25, -0.2) is 18.1 Å². The molecule has 18 heavy (non-hydrogen) atoms. The van der Waals surface area contributed by atoms with Crippen molar-refractivity contribution in [1.82, 2.24) is 9.71 Å². The van der Waals surface area contributed by atoms with E-state index in [-0.39, 0.29) is 17.0 Å². The van der Waals surface area contributed by atoms with Crippen LogP contribution >= 0.6 is 0 Å². The zero-order valence-electron chi connectivity index (χ0n) is 11.0. The van der Waals surface area contributed by atoms with E-state index in [0.29, 0.717) is 12.1 Å². The van der Waals surface area contributed by atoms with Crippen molar-refractivity contribution in [2.45, 2.75) is 38.8 Å². The van der Waals surface area contributed by atoms with E-state index < -0.39 is 10.0 Å². The summed E-state index contributed by atoms with van der Waals surface area (Å²) >= 11 is 0. The summed E-state index contributed by atoms with van der Waals surface area (Å²) in [6.45, 7) is 6.39. The molecule has 1 aromatic heterocycles. The highest BCUT2D eigenvalue weighted by Gasteiger charge is 2.17. The molecule has 0 spiro atoms. The first kappa shape index (κ1) is 15.1. The molecule has 1 rings (SSSR count). The van der Waals surface area contributed by atoms with Crippen LogP contribution in [0.2, 0.25) is 0 Å². The summed E-state index contributed by atoms with van der Waals surface area (Å²) in [6.07, 6.45) is 2.11. The lowest BCUT2D eigenvalue weighted by Gasteiger charge is -2.17. The van der Waals surface area contributed by atoms with Crippen molar-refractivity contribution in [3.05, 3.63) is 23.9 Å². The van der Waals surface area contributed by atoms with Crippen LogP contribution in [-0.4, -0.2) is 25.1 Å². The van der Waals surface area contributed by atoms with Gasteiger partial charge in [-0.15, -0.1) is 0 Å². The fourth-order valence-electron chi connectivity index (χ4n) is 1.30. The van der Waals surface area contributed by atoms with Crippen molar-refractivity contribution < 1.29 is 13.5 Å². The molecule has 0 bridgehead atoms. The number of sulfonamides is 1. The molecule has 5 nitrogen and oxygen atoms in total. The summed E-state index contributed by atoms with van der Waals surface area (Å²) < 4.78 is 26.3. The average Bonchev–Trinajstić information content (AvgIpc) is 2.27. The molecule has 1 aromatic rings. The quantitative estimate of drug-likeness (QED) is 0.846. The van der Waals surface area contributed by atoms with Crippen LogP contribution in [0, 0.1) is 5.41 Å².